The molecule has 0 saturated carbocycles. The molecule has 0 fully saturated rings. The van der Waals surface area contributed by atoms with Gasteiger partial charge < -0.3 is 0 Å². The van der Waals surface area contributed by atoms with Gasteiger partial charge >= 0.3 is 24.1 Å². The van der Waals surface area contributed by atoms with Crippen molar-refractivity contribution in [3.05, 3.63) is 0 Å². The Hall–Kier alpha value is -0.720. The van der Waals surface area contributed by atoms with E-state index in [1.54, 1.807) is 0 Å². The smallest absolute Gasteiger partial charge is 0.213 e. The van der Waals surface area contributed by atoms with Gasteiger partial charge in [0.15, 0.2) is 0 Å². The van der Waals surface area contributed by atoms with Gasteiger partial charge in [0.1, 0.15) is 0 Å². The van der Waals surface area contributed by atoms with E-state index in [0.29, 0.717) is 0 Å². The van der Waals surface area contributed by atoms with E-state index in [-0.39, 0.29) is 6.26 Å². The van der Waals surface area contributed by atoms with Crippen molar-refractivity contribution in [3.63, 3.8) is 0 Å². The molecule has 0 aliphatic carbocycles. The Balaban J connectivity index is 5.93. The molecule has 3 nitrogen and oxygen atoms in total. The van der Waals surface area contributed by atoms with Crippen LogP contribution in [0.1, 0.15) is 0 Å². The predicted octanol–water partition coefficient (Wildman–Crippen LogP) is 2.39. The second kappa shape index (κ2) is 4.15. The van der Waals surface area contributed by atoms with Crippen molar-refractivity contribution in [2.24, 2.45) is 0 Å². The molecule has 0 unspecified atom stereocenters. The first-order valence-electron chi connectivity index (χ1n) is 3.56. The molecule has 0 aliphatic rings. The molecule has 0 amide bonds. The van der Waals surface area contributed by atoms with Crippen molar-refractivity contribution in [2.75, 3.05) is 6.26 Å². The summed E-state index contributed by atoms with van der Waals surface area (Å²) >= 11 is 0. The van der Waals surface area contributed by atoms with Gasteiger partial charge in [-0.1, -0.05) is 0 Å². The van der Waals surface area contributed by atoms with Crippen molar-refractivity contribution in [1.29, 1.82) is 0 Å². The van der Waals surface area contributed by atoms with E-state index in [1.165, 1.54) is 0 Å². The Morgan fingerprint density at radius 3 is 1.22 bits per heavy atom. The van der Waals surface area contributed by atoms with Crippen LogP contribution in [0.5, 0.6) is 0 Å². The van der Waals surface area contributed by atoms with Crippen LogP contribution in [0.15, 0.2) is 0 Å². The number of hydrogen-bond acceptors (Lipinski definition) is 3. The monoisotopic (exact) mass is 314 g/mol. The molecular formula is C5H3F9O3S. The van der Waals surface area contributed by atoms with Crippen molar-refractivity contribution in [3.8, 4) is 0 Å². The van der Waals surface area contributed by atoms with E-state index in [2.05, 4.69) is 4.18 Å². The second-order valence-corrected chi connectivity index (χ2v) is 4.53. The van der Waals surface area contributed by atoms with Gasteiger partial charge in [0.25, 0.3) is 10.1 Å². The summed E-state index contributed by atoms with van der Waals surface area (Å²) in [5.41, 5.74) is -7.16. The number of hydrogen-bond donors (Lipinski definition) is 0. The molecule has 13 heteroatoms. The second-order valence-electron chi connectivity index (χ2n) is 2.96. The fourth-order valence-electron chi connectivity index (χ4n) is 0.738. The zero-order valence-electron chi connectivity index (χ0n) is 8.03. The Kier molecular flexibility index (Phi) is 3.98. The average Bonchev–Trinajstić information content (AvgIpc) is 1.92. The minimum atomic E-state index is -7.16. The average molecular weight is 314 g/mol. The molecule has 0 aliphatic heterocycles. The van der Waals surface area contributed by atoms with Crippen molar-refractivity contribution in [1.82, 2.24) is 0 Å². The van der Waals surface area contributed by atoms with E-state index in [9.17, 15) is 47.9 Å². The van der Waals surface area contributed by atoms with Crippen LogP contribution in [0, 0.1) is 0 Å². The standard InChI is InChI=1S/C5H3F9O3S/c1-18(15,16)17-5(13,14)2(6,3(7,8)9)4(10,11)12/h1H3. The molecule has 110 valence electrons. The van der Waals surface area contributed by atoms with Gasteiger partial charge in [-0.3, -0.25) is 0 Å². The Morgan fingerprint density at radius 2 is 1.06 bits per heavy atom. The maximum Gasteiger partial charge on any atom is 0.440 e. The third kappa shape index (κ3) is 2.99. The molecule has 0 radical (unpaired) electrons. The Bertz CT molecular complexity index is 391. The SMILES string of the molecule is CS(=O)(=O)OC(F)(F)C(F)(C(F)(F)F)C(F)(F)F. The van der Waals surface area contributed by atoms with Gasteiger partial charge in [-0.2, -0.15) is 47.7 Å². The lowest BCUT2D eigenvalue weighted by molar-refractivity contribution is -0.432. The van der Waals surface area contributed by atoms with E-state index < -0.39 is 34.2 Å². The molecule has 0 rings (SSSR count). The maximum absolute atomic E-state index is 12.7. The molecule has 0 spiro atoms. The van der Waals surface area contributed by atoms with Crippen molar-refractivity contribution < 1.29 is 52.1 Å². The van der Waals surface area contributed by atoms with Crippen LogP contribution in [0.4, 0.5) is 39.5 Å². The highest BCUT2D eigenvalue weighted by atomic mass is 32.2. The third-order valence-corrected chi connectivity index (χ3v) is 1.95. The van der Waals surface area contributed by atoms with Crippen LogP contribution in [0.25, 0.3) is 0 Å². The van der Waals surface area contributed by atoms with Gasteiger partial charge in [0.2, 0.25) is 0 Å². The molecule has 0 aromatic rings. The van der Waals surface area contributed by atoms with Gasteiger partial charge in [-0.05, 0) is 0 Å². The first kappa shape index (κ1) is 17.3. The lowest BCUT2D eigenvalue weighted by atomic mass is 10.0. The maximum atomic E-state index is 12.7. The lowest BCUT2D eigenvalue weighted by Crippen LogP contribution is -2.65. The van der Waals surface area contributed by atoms with Crippen LogP contribution >= 0.6 is 0 Å². The third-order valence-electron chi connectivity index (χ3n) is 1.44. The van der Waals surface area contributed by atoms with E-state index in [0.717, 1.165) is 0 Å². The summed E-state index contributed by atoms with van der Waals surface area (Å²) in [6.45, 7) is 0. The Labute approximate surface area is 93.6 Å². The summed E-state index contributed by atoms with van der Waals surface area (Å²) in [4.78, 5) is 0. The van der Waals surface area contributed by atoms with Gasteiger partial charge in [0.05, 0.1) is 6.26 Å². The first-order valence-corrected chi connectivity index (χ1v) is 5.38. The summed E-state index contributed by atoms with van der Waals surface area (Å²) in [6.07, 6.45) is -21.2. The molecular weight excluding hydrogens is 311 g/mol. The molecule has 0 saturated heterocycles. The van der Waals surface area contributed by atoms with Crippen LogP contribution < -0.4 is 0 Å². The largest absolute Gasteiger partial charge is 0.440 e. The molecule has 0 bridgehead atoms. The minimum absolute atomic E-state index is 0.270. The summed E-state index contributed by atoms with van der Waals surface area (Å²) in [5.74, 6) is 0. The Morgan fingerprint density at radius 1 is 0.778 bits per heavy atom. The molecule has 0 aromatic heterocycles. The molecule has 0 aromatic carbocycles. The highest BCUT2D eigenvalue weighted by Crippen LogP contribution is 2.55. The van der Waals surface area contributed by atoms with E-state index >= 15 is 0 Å². The predicted molar refractivity (Wildman–Crippen MR) is 36.8 cm³/mol. The highest BCUT2D eigenvalue weighted by molar-refractivity contribution is 7.86. The lowest BCUT2D eigenvalue weighted by Gasteiger charge is -2.34. The van der Waals surface area contributed by atoms with Crippen LogP contribution in [-0.4, -0.2) is 38.8 Å². The van der Waals surface area contributed by atoms with Crippen molar-refractivity contribution >= 4 is 10.1 Å². The van der Waals surface area contributed by atoms with E-state index in [1.807, 2.05) is 0 Å². The number of alkyl halides is 9. The van der Waals surface area contributed by atoms with Crippen molar-refractivity contribution in [2.45, 2.75) is 24.1 Å². The molecule has 18 heavy (non-hydrogen) atoms. The number of rotatable bonds is 3. The fourth-order valence-corrected chi connectivity index (χ4v) is 1.23. The van der Waals surface area contributed by atoms with Gasteiger partial charge in [0, 0.05) is 0 Å². The summed E-state index contributed by atoms with van der Waals surface area (Å²) < 4.78 is 131. The normalized spacial score (nSPS) is 15.9. The van der Waals surface area contributed by atoms with Crippen LogP contribution in [-0.2, 0) is 14.3 Å². The topological polar surface area (TPSA) is 43.4 Å². The first-order chi connectivity index (χ1) is 7.46. The van der Waals surface area contributed by atoms with E-state index in [4.69, 9.17) is 0 Å². The molecule has 0 atom stereocenters. The zero-order valence-corrected chi connectivity index (χ0v) is 8.85. The summed E-state index contributed by atoms with van der Waals surface area (Å²) in [5, 5.41) is 0. The minimum Gasteiger partial charge on any atom is -0.213 e. The zero-order chi connectivity index (χ0) is 15.2. The van der Waals surface area contributed by atoms with Crippen LogP contribution in [0.2, 0.25) is 0 Å². The highest BCUT2D eigenvalue weighted by Gasteiger charge is 2.86. The van der Waals surface area contributed by atoms with Crippen LogP contribution in [0.3, 0.4) is 0 Å². The van der Waals surface area contributed by atoms with Gasteiger partial charge in [-0.15, -0.1) is 0 Å². The molecule has 0 heterocycles. The fraction of sp³-hybridized carbons (Fsp3) is 1.00. The molecule has 0 N–H and O–H groups in total. The quantitative estimate of drug-likeness (QED) is 0.593. The number of halogens is 9. The summed E-state index contributed by atoms with van der Waals surface area (Å²) in [6, 6.07) is 0. The summed E-state index contributed by atoms with van der Waals surface area (Å²) in [7, 11) is -5.48. The van der Waals surface area contributed by atoms with Gasteiger partial charge in [-0.25, -0.2) is 4.39 Å².